The van der Waals surface area contributed by atoms with E-state index in [-0.39, 0.29) is 17.0 Å². The molecule has 0 saturated heterocycles. The van der Waals surface area contributed by atoms with Crippen molar-refractivity contribution >= 4 is 23.1 Å². The Morgan fingerprint density at radius 2 is 1.75 bits per heavy atom. The van der Waals surface area contributed by atoms with Gasteiger partial charge < -0.3 is 9.64 Å². The number of rotatable bonds is 6. The van der Waals surface area contributed by atoms with E-state index in [0.717, 1.165) is 19.3 Å². The highest BCUT2D eigenvalue weighted by molar-refractivity contribution is 6.01. The Morgan fingerprint density at radius 3 is 2.43 bits per heavy atom. The molecule has 0 radical (unpaired) electrons. The number of hydrogen-bond donors (Lipinski definition) is 0. The summed E-state index contributed by atoms with van der Waals surface area (Å²) in [6.07, 6.45) is 2.07. The molecule has 0 N–H and O–H groups in total. The third kappa shape index (κ3) is 3.88. The maximum Gasteiger partial charge on any atom is 0.339 e. The van der Waals surface area contributed by atoms with Gasteiger partial charge in [-0.05, 0) is 55.5 Å². The molecule has 0 saturated carbocycles. The van der Waals surface area contributed by atoms with Crippen molar-refractivity contribution in [3.8, 4) is 0 Å². The van der Waals surface area contributed by atoms with Crippen molar-refractivity contribution in [1.82, 2.24) is 0 Å². The smallest absolute Gasteiger partial charge is 0.339 e. The van der Waals surface area contributed by atoms with Crippen LogP contribution < -0.4 is 4.90 Å². The van der Waals surface area contributed by atoms with Crippen molar-refractivity contribution in [2.75, 3.05) is 19.0 Å². The summed E-state index contributed by atoms with van der Waals surface area (Å²) < 4.78 is 5.28. The van der Waals surface area contributed by atoms with Gasteiger partial charge in [0.05, 0.1) is 10.5 Å². The zero-order chi connectivity index (χ0) is 20.4. The van der Waals surface area contributed by atoms with E-state index in [1.54, 1.807) is 25.1 Å². The number of nitro benzene ring substituents is 1. The summed E-state index contributed by atoms with van der Waals surface area (Å²) in [5.41, 5.74) is 3.15. The van der Waals surface area contributed by atoms with Gasteiger partial charge >= 0.3 is 5.97 Å². The van der Waals surface area contributed by atoms with Crippen molar-refractivity contribution in [3.05, 3.63) is 68.8 Å². The number of carbonyl (C=O) groups is 2. The summed E-state index contributed by atoms with van der Waals surface area (Å²) in [6.45, 7) is 1.51. The molecule has 7 nitrogen and oxygen atoms in total. The van der Waals surface area contributed by atoms with Gasteiger partial charge in [-0.2, -0.15) is 0 Å². The lowest BCUT2D eigenvalue weighted by Gasteiger charge is -2.15. The first-order valence-electron chi connectivity index (χ1n) is 9.10. The van der Waals surface area contributed by atoms with E-state index < -0.39 is 17.0 Å². The predicted molar refractivity (Wildman–Crippen MR) is 105 cm³/mol. The molecule has 0 spiro atoms. The fraction of sp³-hybridized carbons (Fsp3) is 0.333. The lowest BCUT2D eigenvalue weighted by atomic mass is 10.0. The maximum absolute atomic E-state index is 12.6. The van der Waals surface area contributed by atoms with E-state index in [4.69, 9.17) is 4.74 Å². The van der Waals surface area contributed by atoms with Crippen LogP contribution in [-0.4, -0.2) is 36.9 Å². The molecule has 2 aromatic rings. The van der Waals surface area contributed by atoms with Crippen LogP contribution in [0.5, 0.6) is 0 Å². The van der Waals surface area contributed by atoms with Gasteiger partial charge in [0.15, 0.2) is 6.10 Å². The highest BCUT2D eigenvalue weighted by atomic mass is 16.6. The second-order valence-corrected chi connectivity index (χ2v) is 7.10. The van der Waals surface area contributed by atoms with E-state index in [2.05, 4.69) is 0 Å². The summed E-state index contributed by atoms with van der Waals surface area (Å²) in [5, 5.41) is 11.3. The molecule has 0 fully saturated rings. The highest BCUT2D eigenvalue weighted by Gasteiger charge is 2.24. The number of nitrogens with zero attached hydrogens (tertiary/aromatic N) is 2. The molecule has 28 heavy (non-hydrogen) atoms. The number of fused-ring (bicyclic) bond motifs is 1. The van der Waals surface area contributed by atoms with Gasteiger partial charge in [-0.25, -0.2) is 4.79 Å². The first kappa shape index (κ1) is 19.5. The van der Waals surface area contributed by atoms with Crippen LogP contribution in [-0.2, 0) is 17.6 Å². The highest BCUT2D eigenvalue weighted by Crippen LogP contribution is 2.28. The van der Waals surface area contributed by atoms with Gasteiger partial charge in [-0.1, -0.05) is 12.1 Å². The standard InChI is InChI=1S/C21H22N2O5/c1-13(20(24)16-8-7-14-5-4-6-15(14)11-16)28-21(25)17-9-10-18(22(2)3)19(12-17)23(26)27/h7-13H,4-6H2,1-3H3/t13-/m0/s1. The van der Waals surface area contributed by atoms with Gasteiger partial charge in [0, 0.05) is 25.7 Å². The van der Waals surface area contributed by atoms with Crippen molar-refractivity contribution in [1.29, 1.82) is 0 Å². The Bertz CT molecular complexity index is 952. The molecule has 0 heterocycles. The molecule has 7 heteroatoms. The van der Waals surface area contributed by atoms with Gasteiger partial charge in [0.1, 0.15) is 5.69 Å². The number of nitro groups is 1. The zero-order valence-corrected chi connectivity index (χ0v) is 16.1. The van der Waals surface area contributed by atoms with Crippen LogP contribution in [0.15, 0.2) is 36.4 Å². The lowest BCUT2D eigenvalue weighted by molar-refractivity contribution is -0.384. The molecule has 0 unspecified atom stereocenters. The first-order valence-corrected chi connectivity index (χ1v) is 9.10. The van der Waals surface area contributed by atoms with E-state index in [0.29, 0.717) is 11.3 Å². The van der Waals surface area contributed by atoms with Crippen LogP contribution in [0.25, 0.3) is 0 Å². The van der Waals surface area contributed by atoms with E-state index >= 15 is 0 Å². The van der Waals surface area contributed by atoms with Crippen LogP contribution in [0.2, 0.25) is 0 Å². The number of esters is 1. The zero-order valence-electron chi connectivity index (χ0n) is 16.1. The normalized spacial score (nSPS) is 13.5. The van der Waals surface area contributed by atoms with Crippen LogP contribution in [0.1, 0.15) is 45.2 Å². The van der Waals surface area contributed by atoms with E-state index in [1.807, 2.05) is 12.1 Å². The average Bonchev–Trinajstić information content (AvgIpc) is 3.14. The molecule has 0 bridgehead atoms. The van der Waals surface area contributed by atoms with Crippen LogP contribution in [0, 0.1) is 10.1 Å². The molecule has 0 aromatic heterocycles. The summed E-state index contributed by atoms with van der Waals surface area (Å²) in [7, 11) is 3.36. The molecular weight excluding hydrogens is 360 g/mol. The van der Waals surface area contributed by atoms with Crippen molar-refractivity contribution in [3.63, 3.8) is 0 Å². The fourth-order valence-electron chi connectivity index (χ4n) is 3.42. The maximum atomic E-state index is 12.6. The number of ether oxygens (including phenoxy) is 1. The average molecular weight is 382 g/mol. The minimum Gasteiger partial charge on any atom is -0.451 e. The lowest BCUT2D eigenvalue weighted by Crippen LogP contribution is -2.24. The number of carbonyl (C=O) groups excluding carboxylic acids is 2. The SMILES string of the molecule is C[C@H](OC(=O)c1ccc(N(C)C)c([N+](=O)[O-])c1)C(=O)c1ccc2c(c1)CCC2. The minimum atomic E-state index is -0.987. The molecule has 2 aromatic carbocycles. The summed E-state index contributed by atoms with van der Waals surface area (Å²) in [6, 6.07) is 9.69. The second-order valence-electron chi connectivity index (χ2n) is 7.10. The largest absolute Gasteiger partial charge is 0.451 e. The molecule has 1 atom stereocenters. The second kappa shape index (κ2) is 7.80. The van der Waals surface area contributed by atoms with Crippen LogP contribution >= 0.6 is 0 Å². The van der Waals surface area contributed by atoms with Gasteiger partial charge in [0.2, 0.25) is 5.78 Å². The number of anilines is 1. The molecule has 3 rings (SSSR count). The predicted octanol–water partition coefficient (Wildman–Crippen LogP) is 3.58. The summed E-state index contributed by atoms with van der Waals surface area (Å²) in [4.78, 5) is 37.4. The third-order valence-electron chi connectivity index (χ3n) is 4.93. The number of hydrogen-bond acceptors (Lipinski definition) is 6. The number of ketones is 1. The molecular formula is C21H22N2O5. The number of benzene rings is 2. The number of Topliss-reactive ketones (excluding diaryl/α,β-unsaturated/α-hetero) is 1. The summed E-state index contributed by atoms with van der Waals surface area (Å²) in [5.74, 6) is -1.06. The molecule has 146 valence electrons. The Balaban J connectivity index is 1.76. The Hall–Kier alpha value is -3.22. The van der Waals surface area contributed by atoms with Crippen molar-refractivity contribution in [2.24, 2.45) is 0 Å². The van der Waals surface area contributed by atoms with Crippen LogP contribution in [0.4, 0.5) is 11.4 Å². The quantitative estimate of drug-likeness (QED) is 0.328. The summed E-state index contributed by atoms with van der Waals surface area (Å²) >= 11 is 0. The van der Waals surface area contributed by atoms with E-state index in [9.17, 15) is 19.7 Å². The molecule has 1 aliphatic rings. The van der Waals surface area contributed by atoms with E-state index in [1.165, 1.54) is 36.2 Å². The Labute approximate surface area is 163 Å². The Kier molecular flexibility index (Phi) is 5.44. The van der Waals surface area contributed by atoms with Gasteiger partial charge in [0.25, 0.3) is 5.69 Å². The molecule has 0 amide bonds. The van der Waals surface area contributed by atoms with Crippen molar-refractivity contribution < 1.29 is 19.2 Å². The Morgan fingerprint density at radius 1 is 1.07 bits per heavy atom. The monoisotopic (exact) mass is 382 g/mol. The first-order chi connectivity index (χ1) is 13.3. The third-order valence-corrected chi connectivity index (χ3v) is 4.93. The molecule has 1 aliphatic carbocycles. The van der Waals surface area contributed by atoms with Crippen molar-refractivity contribution in [2.45, 2.75) is 32.3 Å². The fourth-order valence-corrected chi connectivity index (χ4v) is 3.42. The topological polar surface area (TPSA) is 89.8 Å². The van der Waals surface area contributed by atoms with Gasteiger partial charge in [-0.15, -0.1) is 0 Å². The van der Waals surface area contributed by atoms with Gasteiger partial charge in [-0.3, -0.25) is 14.9 Å². The van der Waals surface area contributed by atoms with Crippen LogP contribution in [0.3, 0.4) is 0 Å². The number of aryl methyl sites for hydroxylation is 2. The minimum absolute atomic E-state index is 0.0332. The molecule has 0 aliphatic heterocycles.